The maximum Gasteiger partial charge on any atom is 0.275 e. The fourth-order valence-electron chi connectivity index (χ4n) is 2.20. The van der Waals surface area contributed by atoms with E-state index in [0.717, 1.165) is 20.8 Å². The summed E-state index contributed by atoms with van der Waals surface area (Å²) in [7, 11) is 0. The second-order valence-corrected chi connectivity index (χ2v) is 6.07. The lowest BCUT2D eigenvalue weighted by Gasteiger charge is -2.04. The molecule has 1 heterocycles. The maximum absolute atomic E-state index is 11.1. The van der Waals surface area contributed by atoms with Crippen molar-refractivity contribution in [3.63, 3.8) is 0 Å². The average molecular weight is 314 g/mol. The quantitative estimate of drug-likeness (QED) is 0.522. The van der Waals surface area contributed by atoms with Crippen LogP contribution >= 0.6 is 11.3 Å². The summed E-state index contributed by atoms with van der Waals surface area (Å²) in [5.41, 5.74) is 2.50. The number of para-hydroxylation sites is 1. The Bertz CT molecular complexity index is 796. The lowest BCUT2D eigenvalue weighted by atomic mass is 10.1. The van der Waals surface area contributed by atoms with Gasteiger partial charge in [0.1, 0.15) is 5.01 Å². The summed E-state index contributed by atoms with van der Waals surface area (Å²) in [6.45, 7) is 2.38. The van der Waals surface area contributed by atoms with E-state index in [9.17, 15) is 10.1 Å². The van der Waals surface area contributed by atoms with Gasteiger partial charge in [0.05, 0.1) is 33.9 Å². The second-order valence-electron chi connectivity index (χ2n) is 4.96. The van der Waals surface area contributed by atoms with Crippen LogP contribution in [0.3, 0.4) is 0 Å². The van der Waals surface area contributed by atoms with Gasteiger partial charge in [-0.3, -0.25) is 10.1 Å². The van der Waals surface area contributed by atoms with Crippen molar-refractivity contribution in [1.82, 2.24) is 4.98 Å². The molecule has 0 fully saturated rings. The van der Waals surface area contributed by atoms with E-state index < -0.39 is 0 Å². The van der Waals surface area contributed by atoms with Gasteiger partial charge in [0.2, 0.25) is 0 Å². The second kappa shape index (κ2) is 6.21. The third-order valence-corrected chi connectivity index (χ3v) is 4.27. The zero-order chi connectivity index (χ0) is 15.5. The largest absolute Gasteiger partial charge is 0.369 e. The number of rotatable bonds is 5. The molecule has 0 N–H and O–H groups in total. The summed E-state index contributed by atoms with van der Waals surface area (Å²) < 4.78 is 6.72. The lowest BCUT2D eigenvalue weighted by molar-refractivity contribution is -0.386. The third-order valence-electron chi connectivity index (χ3n) is 3.26. The summed E-state index contributed by atoms with van der Waals surface area (Å²) >= 11 is 1.58. The first kappa shape index (κ1) is 14.6. The number of nitro groups is 1. The van der Waals surface area contributed by atoms with Gasteiger partial charge < -0.3 is 4.74 Å². The van der Waals surface area contributed by atoms with Gasteiger partial charge in [-0.25, -0.2) is 4.98 Å². The molecule has 0 aliphatic carbocycles. The topological polar surface area (TPSA) is 65.3 Å². The number of hydrogen-bond donors (Lipinski definition) is 0. The summed E-state index contributed by atoms with van der Waals surface area (Å²) in [5.74, 6) is 0. The normalized spacial score (nSPS) is 11.0. The molecular formula is C16H14N2O3S. The van der Waals surface area contributed by atoms with Crippen LogP contribution in [0.25, 0.3) is 10.2 Å². The Morgan fingerprint density at radius 3 is 2.82 bits per heavy atom. The minimum Gasteiger partial charge on any atom is -0.369 e. The van der Waals surface area contributed by atoms with Gasteiger partial charge in [0.15, 0.2) is 0 Å². The Morgan fingerprint density at radius 2 is 2.05 bits per heavy atom. The summed E-state index contributed by atoms with van der Waals surface area (Å²) in [5, 5.41) is 11.9. The Kier molecular flexibility index (Phi) is 4.13. The first-order valence-electron chi connectivity index (χ1n) is 6.79. The van der Waals surface area contributed by atoms with E-state index in [4.69, 9.17) is 4.74 Å². The number of thiazole rings is 1. The average Bonchev–Trinajstić information content (AvgIpc) is 2.91. The predicted molar refractivity (Wildman–Crippen MR) is 85.9 cm³/mol. The summed E-state index contributed by atoms with van der Waals surface area (Å²) in [6.07, 6.45) is 0. The summed E-state index contributed by atoms with van der Waals surface area (Å²) in [4.78, 5) is 15.2. The van der Waals surface area contributed by atoms with Crippen molar-refractivity contribution in [3.05, 3.63) is 68.7 Å². The van der Waals surface area contributed by atoms with Crippen LogP contribution in [0, 0.1) is 17.0 Å². The molecule has 0 aliphatic rings. The Balaban J connectivity index is 1.69. The fourth-order valence-corrected chi connectivity index (χ4v) is 3.10. The highest BCUT2D eigenvalue weighted by molar-refractivity contribution is 7.18. The molecule has 0 aliphatic heterocycles. The number of fused-ring (bicyclic) bond motifs is 1. The molecule has 3 rings (SSSR count). The molecule has 0 unspecified atom stereocenters. The molecule has 22 heavy (non-hydrogen) atoms. The lowest BCUT2D eigenvalue weighted by Crippen LogP contribution is -1.99. The molecule has 0 amide bonds. The highest BCUT2D eigenvalue weighted by atomic mass is 32.1. The SMILES string of the molecule is Cc1ccc(COCc2nc3ccccc3s2)c([N+](=O)[O-])c1. The highest BCUT2D eigenvalue weighted by Crippen LogP contribution is 2.24. The van der Waals surface area contributed by atoms with Crippen molar-refractivity contribution in [2.45, 2.75) is 20.1 Å². The molecule has 0 bridgehead atoms. The minimum absolute atomic E-state index is 0.101. The van der Waals surface area contributed by atoms with Gasteiger partial charge >= 0.3 is 0 Å². The van der Waals surface area contributed by atoms with Gasteiger partial charge in [0, 0.05) is 6.07 Å². The van der Waals surface area contributed by atoms with Crippen molar-refractivity contribution in [2.75, 3.05) is 0 Å². The number of nitro benzene ring substituents is 1. The van der Waals surface area contributed by atoms with Crippen molar-refractivity contribution >= 4 is 27.2 Å². The van der Waals surface area contributed by atoms with Gasteiger partial charge in [-0.1, -0.05) is 18.2 Å². The molecule has 0 saturated carbocycles. The molecule has 0 spiro atoms. The zero-order valence-corrected chi connectivity index (χ0v) is 12.8. The van der Waals surface area contributed by atoms with Crippen LogP contribution in [0.4, 0.5) is 5.69 Å². The molecule has 3 aromatic rings. The van der Waals surface area contributed by atoms with Crippen molar-refractivity contribution in [3.8, 4) is 0 Å². The first-order chi connectivity index (χ1) is 10.6. The van der Waals surface area contributed by atoms with Crippen LogP contribution in [0.2, 0.25) is 0 Å². The van der Waals surface area contributed by atoms with E-state index >= 15 is 0 Å². The van der Waals surface area contributed by atoms with Crippen LogP contribution in [-0.2, 0) is 18.0 Å². The van der Waals surface area contributed by atoms with Crippen molar-refractivity contribution < 1.29 is 9.66 Å². The molecule has 112 valence electrons. The van der Waals surface area contributed by atoms with Crippen molar-refractivity contribution in [2.24, 2.45) is 0 Å². The minimum atomic E-state index is -0.372. The van der Waals surface area contributed by atoms with E-state index in [0.29, 0.717) is 12.2 Å². The number of aromatic nitrogens is 1. The Hall–Kier alpha value is -2.31. The molecule has 5 nitrogen and oxygen atoms in total. The van der Waals surface area contributed by atoms with Crippen LogP contribution in [0.15, 0.2) is 42.5 Å². The number of aryl methyl sites for hydroxylation is 1. The first-order valence-corrected chi connectivity index (χ1v) is 7.61. The standard InChI is InChI=1S/C16H14N2O3S/c1-11-6-7-12(14(8-11)18(19)20)9-21-10-16-17-13-4-2-3-5-15(13)22-16/h2-8H,9-10H2,1H3. The predicted octanol–water partition coefficient (Wildman–Crippen LogP) is 4.23. The monoisotopic (exact) mass is 314 g/mol. The van der Waals surface area contributed by atoms with Crippen LogP contribution in [-0.4, -0.2) is 9.91 Å². The third kappa shape index (κ3) is 3.13. The molecule has 2 aromatic carbocycles. The van der Waals surface area contributed by atoms with E-state index in [1.807, 2.05) is 37.3 Å². The fraction of sp³-hybridized carbons (Fsp3) is 0.188. The number of ether oxygens (including phenoxy) is 1. The van der Waals surface area contributed by atoms with Gasteiger partial charge in [-0.05, 0) is 30.7 Å². The molecular weight excluding hydrogens is 300 g/mol. The van der Waals surface area contributed by atoms with Crippen LogP contribution in [0.5, 0.6) is 0 Å². The number of hydrogen-bond acceptors (Lipinski definition) is 5. The van der Waals surface area contributed by atoms with Gasteiger partial charge in [-0.15, -0.1) is 11.3 Å². The van der Waals surface area contributed by atoms with E-state index in [-0.39, 0.29) is 17.2 Å². The van der Waals surface area contributed by atoms with Gasteiger partial charge in [-0.2, -0.15) is 0 Å². The van der Waals surface area contributed by atoms with Crippen LogP contribution in [0.1, 0.15) is 16.1 Å². The van der Waals surface area contributed by atoms with Gasteiger partial charge in [0.25, 0.3) is 5.69 Å². The number of nitrogens with zero attached hydrogens (tertiary/aromatic N) is 2. The molecule has 0 radical (unpaired) electrons. The summed E-state index contributed by atoms with van der Waals surface area (Å²) in [6, 6.07) is 13.1. The van der Waals surface area contributed by atoms with Crippen LogP contribution < -0.4 is 0 Å². The molecule has 0 saturated heterocycles. The highest BCUT2D eigenvalue weighted by Gasteiger charge is 2.14. The van der Waals surface area contributed by atoms with E-state index in [1.165, 1.54) is 0 Å². The van der Waals surface area contributed by atoms with Crippen molar-refractivity contribution in [1.29, 1.82) is 0 Å². The van der Waals surface area contributed by atoms with E-state index in [1.54, 1.807) is 23.5 Å². The Labute approximate surface area is 131 Å². The van der Waals surface area contributed by atoms with E-state index in [2.05, 4.69) is 4.98 Å². The molecule has 0 atom stereocenters. The Morgan fingerprint density at radius 1 is 1.23 bits per heavy atom. The molecule has 1 aromatic heterocycles. The smallest absolute Gasteiger partial charge is 0.275 e. The number of benzene rings is 2. The molecule has 6 heteroatoms. The maximum atomic E-state index is 11.1. The zero-order valence-electron chi connectivity index (χ0n) is 12.0.